The van der Waals surface area contributed by atoms with E-state index in [1.807, 2.05) is 0 Å². The molecule has 0 atom stereocenters. The maximum Gasteiger partial charge on any atom is 0.353 e. The molecule has 2 N–H and O–H groups in total. The number of ether oxygens (including phenoxy) is 2. The van der Waals surface area contributed by atoms with Crippen LogP contribution < -0.4 is 20.1 Å². The maximum absolute atomic E-state index is 11.7. The Morgan fingerprint density at radius 3 is 1.54 bits per heavy atom. The van der Waals surface area contributed by atoms with Crippen molar-refractivity contribution in [3.8, 4) is 11.5 Å². The first-order valence-corrected chi connectivity index (χ1v) is 8.35. The number of nitrogens with one attached hydrogen (secondary N) is 2. The zero-order valence-electron chi connectivity index (χ0n) is 15.6. The van der Waals surface area contributed by atoms with Gasteiger partial charge < -0.3 is 20.1 Å². The number of nitrogens with zero attached hydrogens (tertiary/aromatic N) is 3. The molecule has 1 heterocycles. The number of nitro groups is 1. The quantitative estimate of drug-likeness (QED) is 0.463. The van der Waals surface area contributed by atoms with Gasteiger partial charge in [0.1, 0.15) is 17.3 Å². The van der Waals surface area contributed by atoms with Crippen LogP contribution in [0.2, 0.25) is 0 Å². The van der Waals surface area contributed by atoms with Gasteiger partial charge in [-0.05, 0) is 55.5 Å². The molecule has 9 nitrogen and oxygen atoms in total. The molecule has 0 saturated carbocycles. The molecule has 0 fully saturated rings. The van der Waals surface area contributed by atoms with Gasteiger partial charge in [-0.2, -0.15) is 0 Å². The van der Waals surface area contributed by atoms with Crippen LogP contribution in [0.5, 0.6) is 11.5 Å². The van der Waals surface area contributed by atoms with E-state index in [9.17, 15) is 10.1 Å². The molecule has 0 aliphatic rings. The van der Waals surface area contributed by atoms with Gasteiger partial charge in [0.05, 0.1) is 19.1 Å². The summed E-state index contributed by atoms with van der Waals surface area (Å²) in [5.41, 5.74) is 1.02. The number of aromatic nitrogens is 2. The Balaban J connectivity index is 1.96. The SMILES string of the molecule is COc1ccc(Nc2nc(C)nc(Nc3ccc(OC)cc3)c2[N+](=O)[O-])cc1. The lowest BCUT2D eigenvalue weighted by Gasteiger charge is -2.12. The number of rotatable bonds is 7. The number of anilines is 4. The third kappa shape index (κ3) is 4.26. The number of hydrogen-bond donors (Lipinski definition) is 2. The highest BCUT2D eigenvalue weighted by Crippen LogP contribution is 2.34. The molecule has 1 aromatic heterocycles. The third-order valence-electron chi connectivity index (χ3n) is 3.88. The van der Waals surface area contributed by atoms with Crippen LogP contribution in [0.15, 0.2) is 48.5 Å². The van der Waals surface area contributed by atoms with Crippen molar-refractivity contribution in [3.63, 3.8) is 0 Å². The van der Waals surface area contributed by atoms with E-state index in [0.29, 0.717) is 28.7 Å². The van der Waals surface area contributed by atoms with Gasteiger partial charge in [-0.15, -0.1) is 0 Å². The predicted molar refractivity (Wildman–Crippen MR) is 106 cm³/mol. The highest BCUT2D eigenvalue weighted by atomic mass is 16.6. The van der Waals surface area contributed by atoms with E-state index in [1.54, 1.807) is 69.7 Å². The summed E-state index contributed by atoms with van der Waals surface area (Å²) in [5, 5.41) is 17.7. The summed E-state index contributed by atoms with van der Waals surface area (Å²) >= 11 is 0. The molecule has 144 valence electrons. The number of methoxy groups -OCH3 is 2. The van der Waals surface area contributed by atoms with E-state index in [2.05, 4.69) is 20.6 Å². The van der Waals surface area contributed by atoms with E-state index in [0.717, 1.165) is 0 Å². The fraction of sp³-hybridized carbons (Fsp3) is 0.158. The van der Waals surface area contributed by atoms with Crippen molar-refractivity contribution in [2.45, 2.75) is 6.92 Å². The summed E-state index contributed by atoms with van der Waals surface area (Å²) in [4.78, 5) is 19.6. The first-order chi connectivity index (χ1) is 13.5. The molecule has 0 aliphatic heterocycles. The van der Waals surface area contributed by atoms with Gasteiger partial charge in [-0.3, -0.25) is 10.1 Å². The average molecular weight is 381 g/mol. The van der Waals surface area contributed by atoms with E-state index in [4.69, 9.17) is 9.47 Å². The molecule has 0 amide bonds. The Hall–Kier alpha value is -3.88. The highest BCUT2D eigenvalue weighted by molar-refractivity contribution is 5.77. The summed E-state index contributed by atoms with van der Waals surface area (Å²) in [5.74, 6) is 1.94. The lowest BCUT2D eigenvalue weighted by atomic mass is 10.2. The summed E-state index contributed by atoms with van der Waals surface area (Å²) in [7, 11) is 3.14. The minimum Gasteiger partial charge on any atom is -0.497 e. The van der Waals surface area contributed by atoms with Gasteiger partial charge >= 0.3 is 5.69 Å². The standard InChI is InChI=1S/C19H19N5O4/c1-12-20-18(22-13-4-8-15(27-2)9-5-13)17(24(25)26)19(21-12)23-14-6-10-16(28-3)11-7-14/h4-11H,1-3H3,(H2,20,21,22,23). The normalized spacial score (nSPS) is 10.2. The minimum atomic E-state index is -0.517. The van der Waals surface area contributed by atoms with Gasteiger partial charge in [-0.25, -0.2) is 9.97 Å². The smallest absolute Gasteiger partial charge is 0.353 e. The monoisotopic (exact) mass is 381 g/mol. The minimum absolute atomic E-state index is 0.0960. The summed E-state index contributed by atoms with van der Waals surface area (Å²) in [6.07, 6.45) is 0. The Labute approximate surface area is 161 Å². The summed E-state index contributed by atoms with van der Waals surface area (Å²) in [6.45, 7) is 1.67. The fourth-order valence-electron chi connectivity index (χ4n) is 2.54. The zero-order chi connectivity index (χ0) is 20.1. The second-order valence-corrected chi connectivity index (χ2v) is 5.78. The van der Waals surface area contributed by atoms with Gasteiger partial charge in [0.15, 0.2) is 0 Å². The van der Waals surface area contributed by atoms with Crippen molar-refractivity contribution in [1.29, 1.82) is 0 Å². The van der Waals surface area contributed by atoms with Crippen molar-refractivity contribution < 1.29 is 14.4 Å². The molecule has 28 heavy (non-hydrogen) atoms. The number of hydrogen-bond acceptors (Lipinski definition) is 8. The number of aryl methyl sites for hydroxylation is 1. The Morgan fingerprint density at radius 2 is 1.21 bits per heavy atom. The molecule has 3 rings (SSSR count). The van der Waals surface area contributed by atoms with Crippen LogP contribution in [0.25, 0.3) is 0 Å². The lowest BCUT2D eigenvalue weighted by Crippen LogP contribution is -2.07. The van der Waals surface area contributed by atoms with Crippen LogP contribution in [0, 0.1) is 17.0 Å². The van der Waals surface area contributed by atoms with Crippen molar-refractivity contribution in [1.82, 2.24) is 9.97 Å². The molecule has 0 aliphatic carbocycles. The molecule has 3 aromatic rings. The van der Waals surface area contributed by atoms with E-state index in [-0.39, 0.29) is 17.3 Å². The highest BCUT2D eigenvalue weighted by Gasteiger charge is 2.24. The third-order valence-corrected chi connectivity index (χ3v) is 3.88. The molecular weight excluding hydrogens is 362 g/mol. The van der Waals surface area contributed by atoms with Crippen molar-refractivity contribution in [3.05, 3.63) is 64.5 Å². The van der Waals surface area contributed by atoms with E-state index in [1.165, 1.54) is 0 Å². The molecule has 0 radical (unpaired) electrons. The van der Waals surface area contributed by atoms with Crippen molar-refractivity contribution in [2.24, 2.45) is 0 Å². The van der Waals surface area contributed by atoms with Crippen LogP contribution >= 0.6 is 0 Å². The topological polar surface area (TPSA) is 111 Å². The van der Waals surface area contributed by atoms with Crippen molar-refractivity contribution >= 4 is 28.7 Å². The lowest BCUT2D eigenvalue weighted by molar-refractivity contribution is -0.383. The van der Waals surface area contributed by atoms with Gasteiger partial charge in [0.25, 0.3) is 0 Å². The Morgan fingerprint density at radius 1 is 0.821 bits per heavy atom. The first kappa shape index (κ1) is 18.9. The maximum atomic E-state index is 11.7. The predicted octanol–water partition coefficient (Wildman–Crippen LogP) is 4.20. The fourth-order valence-corrected chi connectivity index (χ4v) is 2.54. The second-order valence-electron chi connectivity index (χ2n) is 5.78. The van der Waals surface area contributed by atoms with E-state index >= 15 is 0 Å². The zero-order valence-corrected chi connectivity index (χ0v) is 15.6. The molecule has 0 unspecified atom stereocenters. The Bertz CT molecular complexity index is 904. The molecule has 2 aromatic carbocycles. The Kier molecular flexibility index (Phi) is 5.54. The van der Waals surface area contributed by atoms with Gasteiger partial charge in [-0.1, -0.05) is 0 Å². The van der Waals surface area contributed by atoms with Crippen LogP contribution in [-0.2, 0) is 0 Å². The summed E-state index contributed by atoms with van der Waals surface area (Å²) < 4.78 is 10.2. The molecule has 9 heteroatoms. The van der Waals surface area contributed by atoms with Crippen LogP contribution in [0.3, 0.4) is 0 Å². The second kappa shape index (κ2) is 8.21. The van der Waals surface area contributed by atoms with Gasteiger partial charge in [0, 0.05) is 11.4 Å². The average Bonchev–Trinajstić information content (AvgIpc) is 2.68. The van der Waals surface area contributed by atoms with Gasteiger partial charge in [0.2, 0.25) is 11.6 Å². The number of benzene rings is 2. The molecular formula is C19H19N5O4. The molecule has 0 spiro atoms. The van der Waals surface area contributed by atoms with Crippen LogP contribution in [-0.4, -0.2) is 29.1 Å². The molecule has 0 bridgehead atoms. The van der Waals surface area contributed by atoms with Crippen LogP contribution in [0.1, 0.15) is 5.82 Å². The van der Waals surface area contributed by atoms with Crippen LogP contribution in [0.4, 0.5) is 28.7 Å². The first-order valence-electron chi connectivity index (χ1n) is 8.35. The molecule has 0 saturated heterocycles. The summed E-state index contributed by atoms with van der Waals surface area (Å²) in [6, 6.07) is 14.0. The van der Waals surface area contributed by atoms with Crippen molar-refractivity contribution in [2.75, 3.05) is 24.9 Å². The largest absolute Gasteiger partial charge is 0.497 e. The van der Waals surface area contributed by atoms with E-state index < -0.39 is 4.92 Å².